The predicted octanol–water partition coefficient (Wildman–Crippen LogP) is 4.98. The van der Waals surface area contributed by atoms with Crippen molar-refractivity contribution in [1.82, 2.24) is 4.68 Å². The molecule has 0 atom stereocenters. The first-order chi connectivity index (χ1) is 13.0. The van der Waals surface area contributed by atoms with E-state index >= 15 is 0 Å². The number of benzene rings is 2. The summed E-state index contributed by atoms with van der Waals surface area (Å²) in [5, 5.41) is 17.0. The summed E-state index contributed by atoms with van der Waals surface area (Å²) in [7, 11) is 0. The lowest BCUT2D eigenvalue weighted by Gasteiger charge is -2.08. The number of phenolic OH excluding ortho intramolecular Hbond substituents is 1. The van der Waals surface area contributed by atoms with E-state index in [4.69, 9.17) is 5.10 Å². The molecule has 138 valence electrons. The highest BCUT2D eigenvalue weighted by Gasteiger charge is 2.10. The van der Waals surface area contributed by atoms with E-state index in [-0.39, 0.29) is 5.75 Å². The van der Waals surface area contributed by atoms with Crippen molar-refractivity contribution in [2.24, 2.45) is 10.1 Å². The average Bonchev–Trinajstić information content (AvgIpc) is 3.03. The van der Waals surface area contributed by atoms with Crippen LogP contribution in [0.3, 0.4) is 0 Å². The Morgan fingerprint density at radius 3 is 2.48 bits per heavy atom. The van der Waals surface area contributed by atoms with Crippen molar-refractivity contribution in [3.8, 4) is 17.0 Å². The van der Waals surface area contributed by atoms with E-state index in [0.717, 1.165) is 27.3 Å². The number of aryl methyl sites for hydroxylation is 1. The van der Waals surface area contributed by atoms with E-state index in [1.54, 1.807) is 23.5 Å². The smallest absolute Gasteiger partial charge is 0.206 e. The van der Waals surface area contributed by atoms with Gasteiger partial charge in [-0.05, 0) is 32.9 Å². The van der Waals surface area contributed by atoms with Gasteiger partial charge < -0.3 is 5.11 Å². The van der Waals surface area contributed by atoms with Crippen LogP contribution in [0.15, 0.2) is 76.2 Å². The number of rotatable bonds is 5. The third-order valence-electron chi connectivity index (χ3n) is 4.06. The molecule has 1 heterocycles. The number of thiazole rings is 1. The minimum absolute atomic E-state index is 0.215. The van der Waals surface area contributed by atoms with Crippen LogP contribution in [-0.4, -0.2) is 22.0 Å². The Balaban J connectivity index is 2.16. The number of hydrogen-bond donors (Lipinski definition) is 1. The van der Waals surface area contributed by atoms with Crippen molar-refractivity contribution < 1.29 is 5.11 Å². The van der Waals surface area contributed by atoms with E-state index in [9.17, 15) is 5.11 Å². The summed E-state index contributed by atoms with van der Waals surface area (Å²) in [5.41, 5.74) is 5.67. The van der Waals surface area contributed by atoms with Crippen LogP contribution in [0.1, 0.15) is 25.0 Å². The Bertz CT molecular complexity index is 1060. The first kappa shape index (κ1) is 18.9. The van der Waals surface area contributed by atoms with Crippen molar-refractivity contribution in [2.45, 2.75) is 20.8 Å². The van der Waals surface area contributed by atoms with Crippen molar-refractivity contribution >= 4 is 17.0 Å². The first-order valence-electron chi connectivity index (χ1n) is 8.72. The van der Waals surface area contributed by atoms with Crippen molar-refractivity contribution in [3.05, 3.63) is 82.0 Å². The van der Waals surface area contributed by atoms with Gasteiger partial charge in [-0.3, -0.25) is 4.99 Å². The molecule has 5 heteroatoms. The summed E-state index contributed by atoms with van der Waals surface area (Å²) in [6.45, 7) is 10.4. The van der Waals surface area contributed by atoms with Crippen molar-refractivity contribution in [3.63, 3.8) is 0 Å². The molecule has 0 radical (unpaired) electrons. The maximum atomic E-state index is 10.1. The van der Waals surface area contributed by atoms with Crippen molar-refractivity contribution in [1.29, 1.82) is 0 Å². The number of para-hydroxylation sites is 1. The van der Waals surface area contributed by atoms with Gasteiger partial charge in [0.25, 0.3) is 0 Å². The summed E-state index contributed by atoms with van der Waals surface area (Å²) in [6.07, 6.45) is 0. The fraction of sp³-hybridized carbons (Fsp3) is 0.182. The molecule has 3 aromatic rings. The number of aromatic nitrogens is 1. The van der Waals surface area contributed by atoms with E-state index in [2.05, 4.69) is 48.1 Å². The Morgan fingerprint density at radius 2 is 1.81 bits per heavy atom. The third-order valence-corrected chi connectivity index (χ3v) is 4.91. The number of nitrogens with zero attached hydrogens (tertiary/aromatic N) is 3. The molecule has 0 aliphatic carbocycles. The molecule has 27 heavy (non-hydrogen) atoms. The second-order valence-corrected chi connectivity index (χ2v) is 7.39. The molecule has 0 bridgehead atoms. The highest BCUT2D eigenvalue weighted by atomic mass is 32.1. The molecule has 0 aliphatic heterocycles. The van der Waals surface area contributed by atoms with Gasteiger partial charge in [-0.25, -0.2) is 4.68 Å². The Kier molecular flexibility index (Phi) is 5.72. The summed E-state index contributed by atoms with van der Waals surface area (Å²) < 4.78 is 1.85. The molecule has 0 amide bonds. The zero-order valence-electron chi connectivity index (χ0n) is 15.8. The Labute approximate surface area is 163 Å². The molecule has 0 saturated heterocycles. The van der Waals surface area contributed by atoms with Gasteiger partial charge >= 0.3 is 0 Å². The summed E-state index contributed by atoms with van der Waals surface area (Å²) in [5.74, 6) is 0.215. The SMILES string of the molecule is C=C(C)CN=c1scc(-c2ccc(C)cc2)n1N=C(C)c1ccccc1O. The molecule has 0 unspecified atom stereocenters. The molecule has 1 aromatic heterocycles. The molecule has 3 rings (SSSR count). The maximum absolute atomic E-state index is 10.1. The van der Waals surface area contributed by atoms with E-state index in [1.807, 2.05) is 30.7 Å². The zero-order valence-corrected chi connectivity index (χ0v) is 16.6. The van der Waals surface area contributed by atoms with Gasteiger partial charge in [0.05, 0.1) is 18.0 Å². The minimum atomic E-state index is 0.215. The maximum Gasteiger partial charge on any atom is 0.206 e. The van der Waals surface area contributed by atoms with Crippen LogP contribution in [0, 0.1) is 6.92 Å². The van der Waals surface area contributed by atoms with Crippen LogP contribution in [-0.2, 0) is 0 Å². The van der Waals surface area contributed by atoms with Crippen LogP contribution in [0.2, 0.25) is 0 Å². The first-order valence-corrected chi connectivity index (χ1v) is 9.60. The van der Waals surface area contributed by atoms with Crippen LogP contribution in [0.25, 0.3) is 11.3 Å². The van der Waals surface area contributed by atoms with Gasteiger partial charge in [0, 0.05) is 16.5 Å². The lowest BCUT2D eigenvalue weighted by Crippen LogP contribution is -2.15. The van der Waals surface area contributed by atoms with Crippen molar-refractivity contribution in [2.75, 3.05) is 6.54 Å². The van der Waals surface area contributed by atoms with Gasteiger partial charge in [-0.2, -0.15) is 5.10 Å². The number of hydrogen-bond acceptors (Lipinski definition) is 4. The van der Waals surface area contributed by atoms with E-state index in [1.165, 1.54) is 5.56 Å². The largest absolute Gasteiger partial charge is 0.507 e. The van der Waals surface area contributed by atoms with Gasteiger partial charge in [0.15, 0.2) is 0 Å². The molecular formula is C22H23N3OS. The minimum Gasteiger partial charge on any atom is -0.507 e. The standard InChI is InChI=1S/C22H23N3OS/c1-15(2)13-23-22-25(24-17(4)19-7-5-6-8-21(19)26)20(14-27-22)18-11-9-16(3)10-12-18/h5-12,14,26H,1,13H2,2-4H3. The predicted molar refractivity (Wildman–Crippen MR) is 113 cm³/mol. The lowest BCUT2D eigenvalue weighted by molar-refractivity contribution is 0.474. The quantitative estimate of drug-likeness (QED) is 0.495. The molecule has 0 spiro atoms. The number of aromatic hydroxyl groups is 1. The zero-order chi connectivity index (χ0) is 19.4. The monoisotopic (exact) mass is 377 g/mol. The highest BCUT2D eigenvalue weighted by molar-refractivity contribution is 7.07. The molecular weight excluding hydrogens is 354 g/mol. The molecule has 4 nitrogen and oxygen atoms in total. The molecule has 0 aliphatic rings. The van der Waals surface area contributed by atoms with Gasteiger partial charge in [-0.1, -0.05) is 54.1 Å². The second-order valence-electron chi connectivity index (χ2n) is 6.56. The Morgan fingerprint density at radius 1 is 1.11 bits per heavy atom. The van der Waals surface area contributed by atoms with Gasteiger partial charge in [0.1, 0.15) is 5.75 Å². The highest BCUT2D eigenvalue weighted by Crippen LogP contribution is 2.22. The average molecular weight is 378 g/mol. The number of phenols is 1. The molecule has 1 N–H and O–H groups in total. The van der Waals surface area contributed by atoms with Crippen LogP contribution in [0.4, 0.5) is 0 Å². The fourth-order valence-corrected chi connectivity index (χ4v) is 3.44. The topological polar surface area (TPSA) is 49.9 Å². The third kappa shape index (κ3) is 4.44. The Hall–Kier alpha value is -2.92. The van der Waals surface area contributed by atoms with E-state index < -0.39 is 0 Å². The van der Waals surface area contributed by atoms with Crippen LogP contribution in [0.5, 0.6) is 5.75 Å². The van der Waals surface area contributed by atoms with E-state index in [0.29, 0.717) is 12.1 Å². The molecule has 2 aromatic carbocycles. The van der Waals surface area contributed by atoms with Crippen LogP contribution < -0.4 is 4.80 Å². The second kappa shape index (κ2) is 8.18. The molecule has 0 fully saturated rings. The normalized spacial score (nSPS) is 12.4. The van der Waals surface area contributed by atoms with Gasteiger partial charge in [-0.15, -0.1) is 11.3 Å². The van der Waals surface area contributed by atoms with Gasteiger partial charge in [0.2, 0.25) is 4.80 Å². The molecule has 0 saturated carbocycles. The lowest BCUT2D eigenvalue weighted by atomic mass is 10.1. The summed E-state index contributed by atoms with van der Waals surface area (Å²) in [4.78, 5) is 5.45. The summed E-state index contributed by atoms with van der Waals surface area (Å²) in [6, 6.07) is 15.6. The van der Waals surface area contributed by atoms with Crippen LogP contribution >= 0.6 is 11.3 Å². The summed E-state index contributed by atoms with van der Waals surface area (Å²) >= 11 is 1.54. The fourth-order valence-electron chi connectivity index (χ4n) is 2.61.